The molecule has 0 aromatic carbocycles. The van der Waals surface area contributed by atoms with E-state index in [4.69, 9.17) is 4.74 Å². The van der Waals surface area contributed by atoms with Gasteiger partial charge in [0, 0.05) is 12.8 Å². The first-order valence-electron chi connectivity index (χ1n) is 13.1. The molecule has 0 aliphatic heterocycles. The monoisotopic (exact) mass is 412 g/mol. The molecule has 4 aliphatic carbocycles. The van der Waals surface area contributed by atoms with Crippen LogP contribution in [0.1, 0.15) is 111 Å². The van der Waals surface area contributed by atoms with Crippen molar-refractivity contribution in [1.82, 2.24) is 0 Å². The molecule has 168 valence electrons. The Kier molecular flexibility index (Phi) is 6.58. The maximum absolute atomic E-state index is 11.5. The zero-order valence-corrected chi connectivity index (χ0v) is 20.0. The van der Waals surface area contributed by atoms with Gasteiger partial charge in [-0.1, -0.05) is 46.5 Å². The zero-order valence-electron chi connectivity index (χ0n) is 20.0. The van der Waals surface area contributed by atoms with Gasteiger partial charge in [0.2, 0.25) is 0 Å². The SMILES string of the molecule is CCCC(=O)OC#CC[C@@H](C)[C@H]1CC[C@H]2[C@@H]3CCC4CCCC[C@]4(C)[C@H]3CC[C@]12C. The quantitative estimate of drug-likeness (QED) is 0.356. The zero-order chi connectivity index (χ0) is 21.4. The Hall–Kier alpha value is -0.970. The van der Waals surface area contributed by atoms with E-state index < -0.39 is 0 Å². The molecular weight excluding hydrogens is 368 g/mol. The van der Waals surface area contributed by atoms with E-state index in [1.165, 1.54) is 64.2 Å². The largest absolute Gasteiger partial charge is 0.372 e. The molecule has 0 radical (unpaired) electrons. The second-order valence-electron chi connectivity index (χ2n) is 11.8. The summed E-state index contributed by atoms with van der Waals surface area (Å²) in [5.74, 6) is 8.26. The Morgan fingerprint density at radius 2 is 1.80 bits per heavy atom. The Balaban J connectivity index is 1.41. The van der Waals surface area contributed by atoms with Crippen LogP contribution in [-0.4, -0.2) is 5.97 Å². The van der Waals surface area contributed by atoms with Crippen molar-refractivity contribution in [3.8, 4) is 12.0 Å². The fourth-order valence-electron chi connectivity index (χ4n) is 8.96. The van der Waals surface area contributed by atoms with Gasteiger partial charge in [-0.05, 0) is 104 Å². The van der Waals surface area contributed by atoms with Crippen molar-refractivity contribution < 1.29 is 9.53 Å². The van der Waals surface area contributed by atoms with Crippen LogP contribution in [-0.2, 0) is 9.53 Å². The molecule has 8 atom stereocenters. The third-order valence-electron chi connectivity index (χ3n) is 10.5. The van der Waals surface area contributed by atoms with Crippen molar-refractivity contribution in [2.24, 2.45) is 46.3 Å². The lowest BCUT2D eigenvalue weighted by Gasteiger charge is -2.60. The average molecular weight is 413 g/mol. The molecule has 0 amide bonds. The fraction of sp³-hybridized carbons (Fsp3) is 0.893. The summed E-state index contributed by atoms with van der Waals surface area (Å²) < 4.78 is 5.06. The molecule has 2 heteroatoms. The van der Waals surface area contributed by atoms with E-state index in [2.05, 4.69) is 32.8 Å². The molecule has 0 bridgehead atoms. The number of carbonyl (C=O) groups is 1. The lowest BCUT2D eigenvalue weighted by molar-refractivity contribution is -0.136. The Bertz CT molecular complexity index is 686. The van der Waals surface area contributed by atoms with Crippen LogP contribution in [0.3, 0.4) is 0 Å². The number of hydrogen-bond acceptors (Lipinski definition) is 2. The van der Waals surface area contributed by atoms with Crippen LogP contribution < -0.4 is 0 Å². The Labute approximate surface area is 185 Å². The highest BCUT2D eigenvalue weighted by atomic mass is 16.5. The van der Waals surface area contributed by atoms with Gasteiger partial charge in [0.25, 0.3) is 0 Å². The van der Waals surface area contributed by atoms with E-state index in [1.807, 2.05) is 6.92 Å². The van der Waals surface area contributed by atoms with Gasteiger partial charge in [-0.25, -0.2) is 0 Å². The standard InChI is InChI=1S/C28H44O2/c1-5-9-26(29)30-19-8-10-20(2)23-14-15-24-22-13-12-21-11-6-7-17-27(21,3)25(22)16-18-28(23,24)4/h20-25H,5-7,9-18H2,1-4H3/t20-,21?,22+,23-,24+,25+,27+,28-/m1/s1. The number of ether oxygens (including phenoxy) is 1. The van der Waals surface area contributed by atoms with Crippen LogP contribution in [0.25, 0.3) is 0 Å². The third-order valence-corrected chi connectivity index (χ3v) is 10.5. The minimum atomic E-state index is -0.185. The number of carbonyl (C=O) groups excluding carboxylic acids is 1. The molecule has 0 spiro atoms. The number of esters is 1. The summed E-state index contributed by atoms with van der Waals surface area (Å²) >= 11 is 0. The number of fused-ring (bicyclic) bond motifs is 5. The highest BCUT2D eigenvalue weighted by molar-refractivity contribution is 5.70. The summed E-state index contributed by atoms with van der Waals surface area (Å²) in [7, 11) is 0. The molecule has 2 nitrogen and oxygen atoms in total. The first kappa shape index (κ1) is 22.2. The van der Waals surface area contributed by atoms with Crippen molar-refractivity contribution in [3.63, 3.8) is 0 Å². The predicted octanol–water partition coefficient (Wildman–Crippen LogP) is 7.37. The number of hydrogen-bond donors (Lipinski definition) is 0. The van der Waals surface area contributed by atoms with E-state index in [-0.39, 0.29) is 5.97 Å². The lowest BCUT2D eigenvalue weighted by Crippen LogP contribution is -2.53. The third kappa shape index (κ3) is 3.84. The molecule has 4 fully saturated rings. The molecule has 0 heterocycles. The van der Waals surface area contributed by atoms with Crippen molar-refractivity contribution in [2.75, 3.05) is 0 Å². The van der Waals surface area contributed by atoms with Gasteiger partial charge in [-0.3, -0.25) is 4.79 Å². The summed E-state index contributed by atoms with van der Waals surface area (Å²) in [5, 5.41) is 0. The van der Waals surface area contributed by atoms with E-state index in [0.717, 1.165) is 42.4 Å². The molecular formula is C28H44O2. The van der Waals surface area contributed by atoms with Crippen LogP contribution in [0.2, 0.25) is 0 Å². The summed E-state index contributed by atoms with van der Waals surface area (Å²) in [6.07, 6.45) is 19.5. The molecule has 0 N–H and O–H groups in total. The van der Waals surface area contributed by atoms with Gasteiger partial charge < -0.3 is 4.74 Å². The molecule has 0 aromatic rings. The van der Waals surface area contributed by atoms with Crippen molar-refractivity contribution in [2.45, 2.75) is 111 Å². The normalized spacial score (nSPS) is 43.4. The predicted molar refractivity (Wildman–Crippen MR) is 122 cm³/mol. The maximum Gasteiger partial charge on any atom is 0.319 e. The van der Waals surface area contributed by atoms with Crippen LogP contribution in [0, 0.1) is 58.4 Å². The van der Waals surface area contributed by atoms with Crippen molar-refractivity contribution in [3.05, 3.63) is 0 Å². The molecule has 0 aromatic heterocycles. The second-order valence-corrected chi connectivity index (χ2v) is 11.8. The number of rotatable bonds is 4. The van der Waals surface area contributed by atoms with Crippen molar-refractivity contribution in [1.29, 1.82) is 0 Å². The van der Waals surface area contributed by atoms with Gasteiger partial charge in [0.1, 0.15) is 6.11 Å². The van der Waals surface area contributed by atoms with Crippen molar-refractivity contribution >= 4 is 5.97 Å². The van der Waals surface area contributed by atoms with Gasteiger partial charge in [0.05, 0.1) is 0 Å². The van der Waals surface area contributed by atoms with E-state index in [1.54, 1.807) is 0 Å². The summed E-state index contributed by atoms with van der Waals surface area (Å²) in [6, 6.07) is 0. The minimum Gasteiger partial charge on any atom is -0.372 e. The molecule has 4 saturated carbocycles. The van der Waals surface area contributed by atoms with Gasteiger partial charge in [-0.15, -0.1) is 0 Å². The molecule has 4 rings (SSSR count). The summed E-state index contributed by atoms with van der Waals surface area (Å²) in [4.78, 5) is 11.5. The smallest absolute Gasteiger partial charge is 0.319 e. The molecule has 0 saturated heterocycles. The first-order chi connectivity index (χ1) is 14.4. The maximum atomic E-state index is 11.5. The van der Waals surface area contributed by atoms with E-state index >= 15 is 0 Å². The van der Waals surface area contributed by atoms with Gasteiger partial charge >= 0.3 is 5.97 Å². The van der Waals surface area contributed by atoms with Gasteiger partial charge in [0.15, 0.2) is 0 Å². The minimum absolute atomic E-state index is 0.185. The highest BCUT2D eigenvalue weighted by Gasteiger charge is 2.60. The Morgan fingerprint density at radius 1 is 1.00 bits per heavy atom. The average Bonchev–Trinajstić information content (AvgIpc) is 3.08. The van der Waals surface area contributed by atoms with Crippen LogP contribution >= 0.6 is 0 Å². The van der Waals surface area contributed by atoms with Crippen LogP contribution in [0.15, 0.2) is 0 Å². The lowest BCUT2D eigenvalue weighted by atomic mass is 9.44. The molecule has 4 aliphatic rings. The molecule has 1 unspecified atom stereocenters. The van der Waals surface area contributed by atoms with Crippen LogP contribution in [0.4, 0.5) is 0 Å². The Morgan fingerprint density at radius 3 is 2.60 bits per heavy atom. The second kappa shape index (κ2) is 8.88. The van der Waals surface area contributed by atoms with Gasteiger partial charge in [-0.2, -0.15) is 0 Å². The summed E-state index contributed by atoms with van der Waals surface area (Å²) in [5.41, 5.74) is 1.14. The highest BCUT2D eigenvalue weighted by Crippen LogP contribution is 2.68. The summed E-state index contributed by atoms with van der Waals surface area (Å²) in [6.45, 7) is 9.70. The van der Waals surface area contributed by atoms with E-state index in [9.17, 15) is 4.79 Å². The fourth-order valence-corrected chi connectivity index (χ4v) is 8.96. The van der Waals surface area contributed by atoms with E-state index in [0.29, 0.717) is 23.2 Å². The first-order valence-corrected chi connectivity index (χ1v) is 13.1. The topological polar surface area (TPSA) is 26.3 Å². The van der Waals surface area contributed by atoms with Crippen LogP contribution in [0.5, 0.6) is 0 Å². The molecule has 30 heavy (non-hydrogen) atoms.